The maximum Gasteiger partial charge on any atom is 0.248 e. The molecule has 0 aliphatic heterocycles. The molecular weight excluding hydrogens is 566 g/mol. The van der Waals surface area contributed by atoms with Crippen LogP contribution in [0.3, 0.4) is 0 Å². The molecule has 4 aromatic rings. The third-order valence-corrected chi connectivity index (χ3v) is 11.6. The van der Waals surface area contributed by atoms with Gasteiger partial charge in [0.2, 0.25) is 17.7 Å². The van der Waals surface area contributed by atoms with Crippen LogP contribution in [0.1, 0.15) is 93.3 Å². The summed E-state index contributed by atoms with van der Waals surface area (Å²) in [5.74, 6) is -0.789. The molecule has 0 spiro atoms. The fraction of sp³-hybridized carbons (Fsp3) is 0.529. The SMILES string of the molecule is Cc1nc2ccc(-c3cccc(N(CC45CCC(c6nc(C7CC7)no6)(CC4)CC5)C(=O)CC4CC(F)(F)C4)c3)cc2s1. The number of hydrogen-bond acceptors (Lipinski definition) is 6. The number of fused-ring (bicyclic) bond motifs is 4. The second-order valence-corrected chi connectivity index (χ2v) is 15.0. The van der Waals surface area contributed by atoms with E-state index in [1.54, 1.807) is 11.3 Å². The van der Waals surface area contributed by atoms with Crippen LogP contribution < -0.4 is 4.90 Å². The molecule has 5 saturated carbocycles. The van der Waals surface area contributed by atoms with Gasteiger partial charge in [-0.2, -0.15) is 4.98 Å². The monoisotopic (exact) mass is 602 g/mol. The van der Waals surface area contributed by atoms with Crippen LogP contribution in [-0.4, -0.2) is 33.5 Å². The van der Waals surface area contributed by atoms with E-state index in [4.69, 9.17) is 9.51 Å². The topological polar surface area (TPSA) is 72.1 Å². The molecule has 1 amide bonds. The van der Waals surface area contributed by atoms with Crippen molar-refractivity contribution in [2.45, 2.75) is 94.8 Å². The van der Waals surface area contributed by atoms with Gasteiger partial charge in [0, 0.05) is 42.8 Å². The Hall–Kier alpha value is -3.20. The van der Waals surface area contributed by atoms with Gasteiger partial charge in [-0.25, -0.2) is 13.8 Å². The second kappa shape index (κ2) is 9.91. The Balaban J connectivity index is 1.06. The van der Waals surface area contributed by atoms with E-state index < -0.39 is 5.92 Å². The standard InChI is InChI=1S/C34H36F2N4O2S/c1-21-37-27-8-7-25(17-28(27)43-21)24-3-2-4-26(16-24)40(29(41)15-22-18-34(35,36)19-22)20-32-9-12-33(13-10-32,14-11-32)31-38-30(39-42-31)23-5-6-23/h2-4,7-8,16-17,22-23H,5-6,9-15,18-20H2,1H3. The molecular formula is C34H36F2N4O2S. The van der Waals surface area contributed by atoms with E-state index in [-0.39, 0.29) is 41.9 Å². The number of alkyl halides is 2. The third-order valence-electron chi connectivity index (χ3n) is 10.7. The van der Waals surface area contributed by atoms with E-state index in [1.165, 1.54) is 0 Å². The number of aryl methyl sites for hydroxylation is 1. The van der Waals surface area contributed by atoms with E-state index in [1.807, 2.05) is 30.0 Å². The summed E-state index contributed by atoms with van der Waals surface area (Å²) < 4.78 is 34.3. The van der Waals surface area contributed by atoms with Crippen molar-refractivity contribution in [2.24, 2.45) is 11.3 Å². The molecule has 0 saturated heterocycles. The highest BCUT2D eigenvalue weighted by Gasteiger charge is 2.53. The molecule has 2 bridgehead atoms. The number of carbonyl (C=O) groups excluding carboxylic acids is 1. The van der Waals surface area contributed by atoms with Crippen molar-refractivity contribution in [3.8, 4) is 11.1 Å². The van der Waals surface area contributed by atoms with E-state index >= 15 is 0 Å². The van der Waals surface area contributed by atoms with E-state index in [0.29, 0.717) is 12.5 Å². The first kappa shape index (κ1) is 27.4. The van der Waals surface area contributed by atoms with Crippen molar-refractivity contribution in [3.05, 3.63) is 59.2 Å². The second-order valence-electron chi connectivity index (χ2n) is 13.8. The molecule has 0 radical (unpaired) electrons. The zero-order valence-corrected chi connectivity index (χ0v) is 25.3. The minimum Gasteiger partial charge on any atom is -0.339 e. The average Bonchev–Trinajstić information content (AvgIpc) is 3.58. The highest BCUT2D eigenvalue weighted by molar-refractivity contribution is 7.18. The molecule has 2 heterocycles. The van der Waals surface area contributed by atoms with Gasteiger partial charge in [-0.05, 0) is 105 Å². The van der Waals surface area contributed by atoms with Gasteiger partial charge in [-0.3, -0.25) is 4.79 Å². The van der Waals surface area contributed by atoms with Gasteiger partial charge in [-0.1, -0.05) is 23.4 Å². The molecule has 5 fully saturated rings. The summed E-state index contributed by atoms with van der Waals surface area (Å²) in [6.07, 6.45) is 7.97. The fourth-order valence-corrected chi connectivity index (χ4v) is 8.66. The predicted molar refractivity (Wildman–Crippen MR) is 163 cm³/mol. The fourth-order valence-electron chi connectivity index (χ4n) is 7.80. The minimum atomic E-state index is -2.63. The quantitative estimate of drug-likeness (QED) is 0.202. The first-order valence-electron chi connectivity index (χ1n) is 15.7. The van der Waals surface area contributed by atoms with Gasteiger partial charge in [0.1, 0.15) is 0 Å². The summed E-state index contributed by atoms with van der Waals surface area (Å²) in [4.78, 5) is 25.3. The van der Waals surface area contributed by atoms with Crippen LogP contribution >= 0.6 is 11.3 Å². The lowest BCUT2D eigenvalue weighted by atomic mass is 9.53. The number of thiazole rings is 1. The zero-order valence-electron chi connectivity index (χ0n) is 24.5. The summed E-state index contributed by atoms with van der Waals surface area (Å²) in [6, 6.07) is 14.4. The summed E-state index contributed by atoms with van der Waals surface area (Å²) >= 11 is 1.67. The van der Waals surface area contributed by atoms with Gasteiger partial charge in [0.05, 0.1) is 15.2 Å². The van der Waals surface area contributed by atoms with Gasteiger partial charge < -0.3 is 9.42 Å². The van der Waals surface area contributed by atoms with Gasteiger partial charge >= 0.3 is 0 Å². The Morgan fingerprint density at radius 3 is 2.47 bits per heavy atom. The van der Waals surface area contributed by atoms with Gasteiger partial charge in [-0.15, -0.1) is 11.3 Å². The number of anilines is 1. The number of amides is 1. The molecule has 0 atom stereocenters. The number of halogens is 2. The highest BCUT2D eigenvalue weighted by Crippen LogP contribution is 2.58. The smallest absolute Gasteiger partial charge is 0.248 e. The van der Waals surface area contributed by atoms with Crippen LogP contribution in [0.25, 0.3) is 21.3 Å². The van der Waals surface area contributed by atoms with E-state index in [9.17, 15) is 13.6 Å². The van der Waals surface area contributed by atoms with Crippen molar-refractivity contribution < 1.29 is 18.1 Å². The number of aromatic nitrogens is 3. The highest BCUT2D eigenvalue weighted by atomic mass is 32.1. The van der Waals surface area contributed by atoms with Gasteiger partial charge in [0.15, 0.2) is 5.82 Å². The lowest BCUT2D eigenvalue weighted by Crippen LogP contribution is -2.51. The molecule has 9 heteroatoms. The Labute approximate surface area is 253 Å². The first-order valence-corrected chi connectivity index (χ1v) is 16.5. The summed E-state index contributed by atoms with van der Waals surface area (Å²) in [7, 11) is 0. The molecule has 224 valence electrons. The number of carbonyl (C=O) groups is 1. The van der Waals surface area contributed by atoms with Crippen molar-refractivity contribution >= 4 is 33.1 Å². The molecule has 5 aliphatic carbocycles. The Bertz CT molecular complexity index is 1680. The number of nitrogens with zero attached hydrogens (tertiary/aromatic N) is 4. The zero-order chi connectivity index (χ0) is 29.4. The summed E-state index contributed by atoms with van der Waals surface area (Å²) in [5.41, 5.74) is 3.89. The van der Waals surface area contributed by atoms with Crippen molar-refractivity contribution in [3.63, 3.8) is 0 Å². The minimum absolute atomic E-state index is 0.00458. The lowest BCUT2D eigenvalue weighted by molar-refractivity contribution is -0.132. The molecule has 43 heavy (non-hydrogen) atoms. The number of hydrogen-bond donors (Lipinski definition) is 0. The summed E-state index contributed by atoms with van der Waals surface area (Å²) in [6.45, 7) is 2.62. The Kier molecular flexibility index (Phi) is 6.30. The van der Waals surface area contributed by atoms with Crippen molar-refractivity contribution in [2.75, 3.05) is 11.4 Å². The largest absolute Gasteiger partial charge is 0.339 e. The van der Waals surface area contributed by atoms with E-state index in [2.05, 4.69) is 34.4 Å². The number of rotatable bonds is 8. The van der Waals surface area contributed by atoms with Crippen LogP contribution in [0, 0.1) is 18.3 Å². The average molecular weight is 603 g/mol. The third kappa shape index (κ3) is 5.07. The molecule has 2 aromatic heterocycles. The molecule has 0 unspecified atom stereocenters. The first-order chi connectivity index (χ1) is 20.7. The Morgan fingerprint density at radius 2 is 1.74 bits per heavy atom. The van der Waals surface area contributed by atoms with E-state index in [0.717, 1.165) is 95.1 Å². The maximum atomic E-state index is 13.9. The molecule has 5 aliphatic rings. The van der Waals surface area contributed by atoms with Crippen LogP contribution in [0.5, 0.6) is 0 Å². The van der Waals surface area contributed by atoms with Crippen molar-refractivity contribution in [1.29, 1.82) is 0 Å². The Morgan fingerprint density at radius 1 is 1.00 bits per heavy atom. The molecule has 6 nitrogen and oxygen atoms in total. The summed E-state index contributed by atoms with van der Waals surface area (Å²) in [5, 5.41) is 5.33. The van der Waals surface area contributed by atoms with Crippen molar-refractivity contribution in [1.82, 2.24) is 15.1 Å². The molecule has 9 rings (SSSR count). The normalized spacial score (nSPS) is 26.5. The molecule has 2 aromatic carbocycles. The maximum absolute atomic E-state index is 13.9. The van der Waals surface area contributed by atoms with Crippen LogP contribution in [0.4, 0.5) is 14.5 Å². The lowest BCUT2D eigenvalue weighted by Gasteiger charge is -2.53. The van der Waals surface area contributed by atoms with Crippen LogP contribution in [0.15, 0.2) is 47.0 Å². The van der Waals surface area contributed by atoms with Crippen LogP contribution in [-0.2, 0) is 10.2 Å². The van der Waals surface area contributed by atoms with Gasteiger partial charge in [0.25, 0.3) is 0 Å². The van der Waals surface area contributed by atoms with Crippen LogP contribution in [0.2, 0.25) is 0 Å². The number of benzene rings is 2. The molecule has 0 N–H and O–H groups in total. The predicted octanol–water partition coefficient (Wildman–Crippen LogP) is 8.59.